The molecular formula is C17H28N4. The predicted octanol–water partition coefficient (Wildman–Crippen LogP) is 2.11. The highest BCUT2D eigenvalue weighted by Gasteiger charge is 2.27. The highest BCUT2D eigenvalue weighted by Crippen LogP contribution is 2.30. The minimum absolute atomic E-state index is 0.508. The summed E-state index contributed by atoms with van der Waals surface area (Å²) in [6.07, 6.45) is 4.82. The van der Waals surface area contributed by atoms with E-state index in [0.717, 1.165) is 25.6 Å². The molecule has 116 valence electrons. The summed E-state index contributed by atoms with van der Waals surface area (Å²) in [5, 5.41) is 3.51. The number of nitrogens with one attached hydrogen (secondary N) is 1. The summed E-state index contributed by atoms with van der Waals surface area (Å²) in [5.74, 6) is 2.17. The second-order valence-electron chi connectivity index (χ2n) is 6.75. The van der Waals surface area contributed by atoms with E-state index < -0.39 is 0 Å². The number of hydrogen-bond donors (Lipinski definition) is 1. The van der Waals surface area contributed by atoms with Gasteiger partial charge in [0.15, 0.2) is 0 Å². The van der Waals surface area contributed by atoms with Crippen molar-refractivity contribution in [2.75, 3.05) is 37.6 Å². The fraction of sp³-hybridized carbons (Fsp3) is 0.706. The summed E-state index contributed by atoms with van der Waals surface area (Å²) in [6.45, 7) is 11.2. The number of hydrogen-bond acceptors (Lipinski definition) is 4. The third-order valence-electron chi connectivity index (χ3n) is 4.45. The Bertz CT molecular complexity index is 448. The number of anilines is 1. The van der Waals surface area contributed by atoms with E-state index in [1.807, 2.05) is 12.3 Å². The Morgan fingerprint density at radius 2 is 2.00 bits per heavy atom. The van der Waals surface area contributed by atoms with Crippen LogP contribution in [0.1, 0.15) is 32.3 Å². The fourth-order valence-corrected chi connectivity index (χ4v) is 2.97. The van der Waals surface area contributed by atoms with Crippen LogP contribution in [-0.2, 0) is 6.54 Å². The molecule has 0 atom stereocenters. The number of nitrogens with zero attached hydrogens (tertiary/aromatic N) is 3. The van der Waals surface area contributed by atoms with Crippen molar-refractivity contribution in [1.82, 2.24) is 15.2 Å². The molecule has 0 radical (unpaired) electrons. The maximum absolute atomic E-state index is 4.65. The highest BCUT2D eigenvalue weighted by molar-refractivity contribution is 5.47. The van der Waals surface area contributed by atoms with Crippen LogP contribution in [-0.4, -0.2) is 48.6 Å². The average molecular weight is 288 g/mol. The molecule has 1 saturated carbocycles. The molecule has 1 aromatic heterocycles. The van der Waals surface area contributed by atoms with Gasteiger partial charge < -0.3 is 10.2 Å². The van der Waals surface area contributed by atoms with Crippen LogP contribution in [0.5, 0.6) is 0 Å². The molecule has 4 heteroatoms. The van der Waals surface area contributed by atoms with Crippen molar-refractivity contribution >= 4 is 5.82 Å². The van der Waals surface area contributed by atoms with E-state index >= 15 is 0 Å². The lowest BCUT2D eigenvalue weighted by molar-refractivity contribution is 0.247. The van der Waals surface area contributed by atoms with Crippen LogP contribution in [0.15, 0.2) is 18.3 Å². The van der Waals surface area contributed by atoms with Gasteiger partial charge in [0.05, 0.1) is 0 Å². The molecule has 1 N–H and O–H groups in total. The minimum Gasteiger partial charge on any atom is -0.354 e. The van der Waals surface area contributed by atoms with Gasteiger partial charge in [0.1, 0.15) is 5.82 Å². The van der Waals surface area contributed by atoms with Crippen molar-refractivity contribution in [2.24, 2.45) is 5.92 Å². The molecule has 1 saturated heterocycles. The van der Waals surface area contributed by atoms with Crippen LogP contribution in [0, 0.1) is 5.92 Å². The van der Waals surface area contributed by atoms with Crippen LogP contribution < -0.4 is 10.2 Å². The van der Waals surface area contributed by atoms with E-state index in [9.17, 15) is 0 Å². The third-order valence-corrected chi connectivity index (χ3v) is 4.45. The molecule has 2 heterocycles. The van der Waals surface area contributed by atoms with E-state index in [1.165, 1.54) is 43.9 Å². The number of piperazine rings is 1. The first-order chi connectivity index (χ1) is 10.2. The van der Waals surface area contributed by atoms with Crippen LogP contribution in [0.4, 0.5) is 5.82 Å². The van der Waals surface area contributed by atoms with E-state index in [4.69, 9.17) is 0 Å². The zero-order valence-corrected chi connectivity index (χ0v) is 13.4. The van der Waals surface area contributed by atoms with Crippen LogP contribution >= 0.6 is 0 Å². The molecule has 1 aromatic rings. The van der Waals surface area contributed by atoms with Gasteiger partial charge in [-0.25, -0.2) is 4.98 Å². The third kappa shape index (κ3) is 4.17. The van der Waals surface area contributed by atoms with Crippen molar-refractivity contribution in [3.8, 4) is 0 Å². The lowest BCUT2D eigenvalue weighted by Crippen LogP contribution is -2.47. The quantitative estimate of drug-likeness (QED) is 0.869. The molecule has 0 amide bonds. The van der Waals surface area contributed by atoms with Gasteiger partial charge in [-0.15, -0.1) is 0 Å². The zero-order chi connectivity index (χ0) is 14.7. The number of rotatable bonds is 6. The average Bonchev–Trinajstić information content (AvgIpc) is 3.30. The van der Waals surface area contributed by atoms with Gasteiger partial charge in [-0.2, -0.15) is 0 Å². The van der Waals surface area contributed by atoms with E-state index in [1.54, 1.807) is 0 Å². The van der Waals surface area contributed by atoms with Gasteiger partial charge in [0, 0.05) is 57.1 Å². The summed E-state index contributed by atoms with van der Waals surface area (Å²) < 4.78 is 0. The molecule has 0 unspecified atom stereocenters. The first-order valence-corrected chi connectivity index (χ1v) is 8.37. The molecule has 1 aliphatic carbocycles. The zero-order valence-electron chi connectivity index (χ0n) is 13.4. The summed E-state index contributed by atoms with van der Waals surface area (Å²) in [5.41, 5.74) is 1.32. The standard InChI is InChI=1S/C17H28N4/c1-14(2)19-12-16-4-3-7-18-17(16)21-10-8-20(9-11-21)13-15-5-6-15/h3-4,7,14-15,19H,5-6,8-13H2,1-2H3. The first-order valence-electron chi connectivity index (χ1n) is 8.37. The normalized spacial score (nSPS) is 20.2. The Labute approximate surface area is 128 Å². The van der Waals surface area contributed by atoms with Crippen molar-refractivity contribution in [3.05, 3.63) is 23.9 Å². The highest BCUT2D eigenvalue weighted by atomic mass is 15.3. The summed E-state index contributed by atoms with van der Waals surface area (Å²) >= 11 is 0. The Kier molecular flexibility index (Phi) is 4.76. The van der Waals surface area contributed by atoms with E-state index in [0.29, 0.717) is 6.04 Å². The second-order valence-corrected chi connectivity index (χ2v) is 6.75. The summed E-state index contributed by atoms with van der Waals surface area (Å²) in [6, 6.07) is 4.76. The molecule has 0 spiro atoms. The van der Waals surface area contributed by atoms with Crippen molar-refractivity contribution in [1.29, 1.82) is 0 Å². The summed E-state index contributed by atoms with van der Waals surface area (Å²) in [7, 11) is 0. The summed E-state index contributed by atoms with van der Waals surface area (Å²) in [4.78, 5) is 9.73. The Morgan fingerprint density at radius 1 is 1.24 bits per heavy atom. The van der Waals surface area contributed by atoms with E-state index in [2.05, 4.69) is 40.0 Å². The van der Waals surface area contributed by atoms with Gasteiger partial charge in [-0.1, -0.05) is 19.9 Å². The van der Waals surface area contributed by atoms with E-state index in [-0.39, 0.29) is 0 Å². The number of pyridine rings is 1. The SMILES string of the molecule is CC(C)NCc1cccnc1N1CCN(CC2CC2)CC1. The fourth-order valence-electron chi connectivity index (χ4n) is 2.97. The molecule has 2 aliphatic rings. The molecule has 3 rings (SSSR count). The second kappa shape index (κ2) is 6.75. The van der Waals surface area contributed by atoms with Gasteiger partial charge in [0.25, 0.3) is 0 Å². The molecule has 1 aliphatic heterocycles. The maximum Gasteiger partial charge on any atom is 0.133 e. The van der Waals surface area contributed by atoms with Crippen LogP contribution in [0.2, 0.25) is 0 Å². The van der Waals surface area contributed by atoms with Crippen molar-refractivity contribution in [2.45, 2.75) is 39.3 Å². The Balaban J connectivity index is 1.58. The monoisotopic (exact) mass is 288 g/mol. The Hall–Kier alpha value is -1.13. The van der Waals surface area contributed by atoms with Crippen molar-refractivity contribution < 1.29 is 0 Å². The van der Waals surface area contributed by atoms with Gasteiger partial charge >= 0.3 is 0 Å². The van der Waals surface area contributed by atoms with Crippen LogP contribution in [0.25, 0.3) is 0 Å². The molecule has 0 bridgehead atoms. The lowest BCUT2D eigenvalue weighted by atomic mass is 10.2. The van der Waals surface area contributed by atoms with Gasteiger partial charge in [-0.05, 0) is 24.8 Å². The molecule has 0 aromatic carbocycles. The maximum atomic E-state index is 4.65. The molecule has 21 heavy (non-hydrogen) atoms. The predicted molar refractivity (Wildman–Crippen MR) is 87.6 cm³/mol. The van der Waals surface area contributed by atoms with Crippen molar-refractivity contribution in [3.63, 3.8) is 0 Å². The van der Waals surface area contributed by atoms with Crippen LogP contribution in [0.3, 0.4) is 0 Å². The molecular weight excluding hydrogens is 260 g/mol. The molecule has 4 nitrogen and oxygen atoms in total. The topological polar surface area (TPSA) is 31.4 Å². The van der Waals surface area contributed by atoms with Gasteiger partial charge in [0.2, 0.25) is 0 Å². The Morgan fingerprint density at radius 3 is 2.67 bits per heavy atom. The van der Waals surface area contributed by atoms with Gasteiger partial charge in [-0.3, -0.25) is 4.90 Å². The number of aromatic nitrogens is 1. The smallest absolute Gasteiger partial charge is 0.133 e. The minimum atomic E-state index is 0.508. The lowest BCUT2D eigenvalue weighted by Gasteiger charge is -2.36. The first kappa shape index (κ1) is 14.8. The molecule has 2 fully saturated rings. The largest absolute Gasteiger partial charge is 0.354 e.